The summed E-state index contributed by atoms with van der Waals surface area (Å²) in [7, 11) is -3.47. The Kier molecular flexibility index (Phi) is 5.59. The number of aromatic nitrogens is 4. The molecule has 3 heterocycles. The normalized spacial score (nSPS) is 16.0. The van der Waals surface area contributed by atoms with Crippen molar-refractivity contribution in [3.8, 4) is 11.7 Å². The van der Waals surface area contributed by atoms with Gasteiger partial charge in [-0.2, -0.15) is 9.40 Å². The summed E-state index contributed by atoms with van der Waals surface area (Å²) in [5.74, 6) is 1.04. The molecule has 0 saturated carbocycles. The van der Waals surface area contributed by atoms with Crippen LogP contribution in [0.1, 0.15) is 25.3 Å². The molecule has 0 unspecified atom stereocenters. The van der Waals surface area contributed by atoms with Crippen LogP contribution in [-0.2, 0) is 16.4 Å². The van der Waals surface area contributed by atoms with Crippen molar-refractivity contribution in [1.82, 2.24) is 24.3 Å². The number of hydrogen-bond donors (Lipinski definition) is 0. The van der Waals surface area contributed by atoms with E-state index in [1.165, 1.54) is 4.31 Å². The Morgan fingerprint density at radius 2 is 1.83 bits per heavy atom. The molecule has 3 aromatic rings. The first-order valence-corrected chi connectivity index (χ1v) is 11.1. The lowest BCUT2D eigenvalue weighted by atomic mass is 10.1. The van der Waals surface area contributed by atoms with Crippen LogP contribution in [0.25, 0.3) is 5.82 Å². The minimum Gasteiger partial charge on any atom is -0.473 e. The van der Waals surface area contributed by atoms with E-state index >= 15 is 0 Å². The third kappa shape index (κ3) is 4.30. The zero-order valence-corrected chi connectivity index (χ0v) is 17.0. The molecule has 0 N–H and O–H groups in total. The Labute approximate surface area is 170 Å². The van der Waals surface area contributed by atoms with E-state index in [0.717, 1.165) is 12.0 Å². The maximum absolute atomic E-state index is 12.9. The molecule has 1 saturated heterocycles. The van der Waals surface area contributed by atoms with Crippen LogP contribution in [-0.4, -0.2) is 51.9 Å². The van der Waals surface area contributed by atoms with E-state index in [-0.39, 0.29) is 6.10 Å². The molecule has 9 heteroatoms. The summed E-state index contributed by atoms with van der Waals surface area (Å²) in [6, 6.07) is 12.5. The van der Waals surface area contributed by atoms with E-state index in [1.807, 2.05) is 25.1 Å². The molecule has 1 aromatic carbocycles. The topological polar surface area (TPSA) is 90.2 Å². The number of benzene rings is 1. The van der Waals surface area contributed by atoms with Gasteiger partial charge in [0.25, 0.3) is 0 Å². The Balaban J connectivity index is 1.35. The van der Waals surface area contributed by atoms with Gasteiger partial charge in [-0.3, -0.25) is 0 Å². The van der Waals surface area contributed by atoms with Crippen LogP contribution in [0.3, 0.4) is 0 Å². The van der Waals surface area contributed by atoms with E-state index in [4.69, 9.17) is 4.74 Å². The van der Waals surface area contributed by atoms with Crippen molar-refractivity contribution in [3.63, 3.8) is 0 Å². The standard InChI is InChI=1S/C20H23N5O3S/c1-2-16-4-6-18(7-5-16)29(26,27)24-14-10-17(11-15-24)28-20-9-8-19(22-23-20)25-13-3-12-21-25/h3-9,12-13,17H,2,10-11,14-15H2,1H3. The van der Waals surface area contributed by atoms with Crippen LogP contribution in [0.4, 0.5) is 0 Å². The molecule has 1 fully saturated rings. The number of rotatable bonds is 6. The molecule has 0 spiro atoms. The van der Waals surface area contributed by atoms with Gasteiger partial charge in [-0.15, -0.1) is 10.2 Å². The van der Waals surface area contributed by atoms with E-state index < -0.39 is 10.0 Å². The summed E-state index contributed by atoms with van der Waals surface area (Å²) in [6.07, 6.45) is 5.47. The zero-order valence-electron chi connectivity index (χ0n) is 16.2. The summed E-state index contributed by atoms with van der Waals surface area (Å²) in [4.78, 5) is 0.342. The average Bonchev–Trinajstić information content (AvgIpc) is 3.30. The second-order valence-corrected chi connectivity index (χ2v) is 8.84. The molecule has 29 heavy (non-hydrogen) atoms. The molecule has 4 rings (SSSR count). The van der Waals surface area contributed by atoms with Gasteiger partial charge >= 0.3 is 0 Å². The predicted molar refractivity (Wildman–Crippen MR) is 107 cm³/mol. The van der Waals surface area contributed by atoms with Gasteiger partial charge < -0.3 is 4.74 Å². The van der Waals surface area contributed by atoms with Crippen LogP contribution in [0, 0.1) is 0 Å². The smallest absolute Gasteiger partial charge is 0.243 e. The van der Waals surface area contributed by atoms with Gasteiger partial charge in [-0.25, -0.2) is 13.1 Å². The first-order chi connectivity index (χ1) is 14.1. The van der Waals surface area contributed by atoms with Gasteiger partial charge in [-0.1, -0.05) is 19.1 Å². The predicted octanol–water partition coefficient (Wildman–Crippen LogP) is 2.46. The molecule has 0 radical (unpaired) electrons. The van der Waals surface area contributed by atoms with Gasteiger partial charge in [0, 0.05) is 31.5 Å². The van der Waals surface area contributed by atoms with Crippen LogP contribution >= 0.6 is 0 Å². The van der Waals surface area contributed by atoms with Gasteiger partial charge in [0.15, 0.2) is 5.82 Å². The zero-order chi connectivity index (χ0) is 20.3. The Morgan fingerprint density at radius 1 is 1.07 bits per heavy atom. The maximum atomic E-state index is 12.9. The molecule has 152 valence electrons. The lowest BCUT2D eigenvalue weighted by Gasteiger charge is -2.31. The van der Waals surface area contributed by atoms with Crippen molar-refractivity contribution < 1.29 is 13.2 Å². The van der Waals surface area contributed by atoms with E-state index in [1.54, 1.807) is 41.3 Å². The molecule has 1 aliphatic rings. The SMILES string of the molecule is CCc1ccc(S(=O)(=O)N2CCC(Oc3ccc(-n4cccn4)nn3)CC2)cc1. The van der Waals surface area contributed by atoms with Crippen LogP contribution in [0.5, 0.6) is 5.88 Å². The highest BCUT2D eigenvalue weighted by molar-refractivity contribution is 7.89. The number of aryl methyl sites for hydroxylation is 1. The fourth-order valence-electron chi connectivity index (χ4n) is 3.31. The van der Waals surface area contributed by atoms with E-state index in [0.29, 0.717) is 42.5 Å². The van der Waals surface area contributed by atoms with Crippen molar-refractivity contribution in [2.45, 2.75) is 37.2 Å². The first-order valence-electron chi connectivity index (χ1n) is 9.66. The van der Waals surface area contributed by atoms with E-state index in [9.17, 15) is 8.42 Å². The number of nitrogens with zero attached hydrogens (tertiary/aromatic N) is 5. The fourth-order valence-corrected chi connectivity index (χ4v) is 4.78. The van der Waals surface area contributed by atoms with Gasteiger partial charge in [-0.05, 0) is 49.1 Å². The summed E-state index contributed by atoms with van der Waals surface area (Å²) < 4.78 is 34.8. The van der Waals surface area contributed by atoms with Gasteiger partial charge in [0.2, 0.25) is 15.9 Å². The fraction of sp³-hybridized carbons (Fsp3) is 0.350. The van der Waals surface area contributed by atoms with Gasteiger partial charge in [0.05, 0.1) is 4.90 Å². The highest BCUT2D eigenvalue weighted by Gasteiger charge is 2.30. The largest absolute Gasteiger partial charge is 0.473 e. The molecule has 0 bridgehead atoms. The van der Waals surface area contributed by atoms with Crippen molar-refractivity contribution in [3.05, 3.63) is 60.4 Å². The molecule has 0 atom stereocenters. The lowest BCUT2D eigenvalue weighted by Crippen LogP contribution is -2.41. The second kappa shape index (κ2) is 8.30. The second-order valence-electron chi connectivity index (χ2n) is 6.90. The molecule has 2 aromatic heterocycles. The van der Waals surface area contributed by atoms with Crippen LogP contribution < -0.4 is 4.74 Å². The van der Waals surface area contributed by atoms with Crippen molar-refractivity contribution in [2.75, 3.05) is 13.1 Å². The van der Waals surface area contributed by atoms with Crippen LogP contribution in [0.2, 0.25) is 0 Å². The lowest BCUT2D eigenvalue weighted by molar-refractivity contribution is 0.128. The molecular weight excluding hydrogens is 390 g/mol. The minimum atomic E-state index is -3.47. The minimum absolute atomic E-state index is 0.0891. The van der Waals surface area contributed by atoms with Crippen molar-refractivity contribution >= 4 is 10.0 Å². The summed E-state index contributed by atoms with van der Waals surface area (Å²) in [5.41, 5.74) is 1.12. The molecule has 0 aliphatic carbocycles. The first kappa shape index (κ1) is 19.5. The van der Waals surface area contributed by atoms with Crippen molar-refractivity contribution in [1.29, 1.82) is 0 Å². The highest BCUT2D eigenvalue weighted by Crippen LogP contribution is 2.23. The average molecular weight is 414 g/mol. The molecule has 1 aliphatic heterocycles. The number of piperidine rings is 1. The number of ether oxygens (including phenoxy) is 1. The van der Waals surface area contributed by atoms with Gasteiger partial charge in [0.1, 0.15) is 6.10 Å². The molecule has 0 amide bonds. The quantitative estimate of drug-likeness (QED) is 0.617. The number of sulfonamides is 1. The van der Waals surface area contributed by atoms with E-state index in [2.05, 4.69) is 15.3 Å². The Bertz CT molecular complexity index is 1030. The summed E-state index contributed by atoms with van der Waals surface area (Å²) in [5, 5.41) is 12.3. The third-order valence-corrected chi connectivity index (χ3v) is 6.94. The molecule has 8 nitrogen and oxygen atoms in total. The maximum Gasteiger partial charge on any atom is 0.243 e. The summed E-state index contributed by atoms with van der Waals surface area (Å²) in [6.45, 7) is 2.88. The summed E-state index contributed by atoms with van der Waals surface area (Å²) >= 11 is 0. The Morgan fingerprint density at radius 3 is 2.41 bits per heavy atom. The monoisotopic (exact) mass is 413 g/mol. The molecular formula is C20H23N5O3S. The Hall–Kier alpha value is -2.78. The highest BCUT2D eigenvalue weighted by atomic mass is 32.2. The third-order valence-electron chi connectivity index (χ3n) is 5.02. The van der Waals surface area contributed by atoms with Crippen molar-refractivity contribution in [2.24, 2.45) is 0 Å². The number of hydrogen-bond acceptors (Lipinski definition) is 6. The van der Waals surface area contributed by atoms with Crippen LogP contribution in [0.15, 0.2) is 59.8 Å².